The van der Waals surface area contributed by atoms with Gasteiger partial charge in [-0.05, 0) is 38.2 Å². The molecule has 0 spiro atoms. The Balaban J connectivity index is 1.83. The summed E-state index contributed by atoms with van der Waals surface area (Å²) in [5, 5.41) is 6.01. The molecule has 1 saturated carbocycles. The lowest BCUT2D eigenvalue weighted by Crippen LogP contribution is -2.31. The summed E-state index contributed by atoms with van der Waals surface area (Å²) in [6.45, 7) is 4.20. The summed E-state index contributed by atoms with van der Waals surface area (Å²) in [7, 11) is 0. The molecule has 1 amide bonds. The fraction of sp³-hybridized carbons (Fsp3) is 0.538. The molecule has 0 bridgehead atoms. The zero-order valence-corrected chi connectivity index (χ0v) is 11.1. The Kier molecular flexibility index (Phi) is 3.94. The van der Waals surface area contributed by atoms with Crippen molar-refractivity contribution < 1.29 is 4.79 Å². The Morgan fingerprint density at radius 3 is 3.00 bits per heavy atom. The van der Waals surface area contributed by atoms with Gasteiger partial charge in [0.1, 0.15) is 0 Å². The molecule has 2 rings (SSSR count). The summed E-state index contributed by atoms with van der Waals surface area (Å²) in [6, 6.07) is 0.360. The van der Waals surface area contributed by atoms with Gasteiger partial charge in [-0.2, -0.15) is 0 Å². The van der Waals surface area contributed by atoms with Crippen molar-refractivity contribution in [2.75, 3.05) is 0 Å². The monoisotopic (exact) mass is 250 g/mol. The number of thiazole rings is 1. The van der Waals surface area contributed by atoms with Crippen LogP contribution >= 0.6 is 11.3 Å². The molecule has 0 aliphatic heterocycles. The minimum absolute atomic E-state index is 0.00486. The molecule has 1 N–H and O–H groups in total. The summed E-state index contributed by atoms with van der Waals surface area (Å²) in [5.41, 5.74) is 0.863. The first kappa shape index (κ1) is 12.3. The van der Waals surface area contributed by atoms with Gasteiger partial charge in [0.15, 0.2) is 0 Å². The van der Waals surface area contributed by atoms with Crippen LogP contribution in [0.4, 0.5) is 0 Å². The zero-order chi connectivity index (χ0) is 12.3. The van der Waals surface area contributed by atoms with Gasteiger partial charge < -0.3 is 5.32 Å². The Bertz CT molecular complexity index is 425. The van der Waals surface area contributed by atoms with E-state index in [4.69, 9.17) is 0 Å². The van der Waals surface area contributed by atoms with Gasteiger partial charge in [-0.25, -0.2) is 4.98 Å². The zero-order valence-electron chi connectivity index (χ0n) is 10.3. The summed E-state index contributed by atoms with van der Waals surface area (Å²) < 4.78 is 0. The number of rotatable bonds is 3. The molecule has 1 heterocycles. The van der Waals surface area contributed by atoms with Crippen molar-refractivity contribution in [3.05, 3.63) is 22.2 Å². The lowest BCUT2D eigenvalue weighted by Gasteiger charge is -2.09. The van der Waals surface area contributed by atoms with Crippen LogP contribution in [0.15, 0.2) is 11.5 Å². The normalized spacial score (nSPS) is 24.4. The maximum atomic E-state index is 11.7. The van der Waals surface area contributed by atoms with E-state index in [0.29, 0.717) is 6.04 Å². The first-order valence-electron chi connectivity index (χ1n) is 6.04. The van der Waals surface area contributed by atoms with Gasteiger partial charge in [0.2, 0.25) is 5.91 Å². The average molecular weight is 250 g/mol. The van der Waals surface area contributed by atoms with E-state index in [1.165, 1.54) is 6.42 Å². The van der Waals surface area contributed by atoms with Crippen LogP contribution in [0.25, 0.3) is 6.08 Å². The van der Waals surface area contributed by atoms with Crippen LogP contribution in [0.2, 0.25) is 0 Å². The van der Waals surface area contributed by atoms with Crippen LogP contribution in [-0.2, 0) is 4.79 Å². The number of nitrogens with zero attached hydrogens (tertiary/aromatic N) is 1. The Labute approximate surface area is 106 Å². The van der Waals surface area contributed by atoms with Crippen LogP contribution in [-0.4, -0.2) is 16.9 Å². The van der Waals surface area contributed by atoms with Crippen molar-refractivity contribution in [1.29, 1.82) is 0 Å². The molecule has 0 saturated heterocycles. The number of aryl methyl sites for hydroxylation is 1. The van der Waals surface area contributed by atoms with Gasteiger partial charge in [-0.15, -0.1) is 11.3 Å². The molecule has 0 aromatic carbocycles. The second-order valence-electron chi connectivity index (χ2n) is 4.75. The number of carbonyl (C=O) groups is 1. The summed E-state index contributed by atoms with van der Waals surface area (Å²) in [6.07, 6.45) is 6.79. The molecule has 1 aromatic heterocycles. The summed E-state index contributed by atoms with van der Waals surface area (Å²) >= 11 is 1.60. The van der Waals surface area contributed by atoms with E-state index in [2.05, 4.69) is 17.2 Å². The summed E-state index contributed by atoms with van der Waals surface area (Å²) in [4.78, 5) is 15.9. The minimum Gasteiger partial charge on any atom is -0.350 e. The number of amides is 1. The van der Waals surface area contributed by atoms with Crippen molar-refractivity contribution in [3.63, 3.8) is 0 Å². The third-order valence-electron chi connectivity index (χ3n) is 3.08. The van der Waals surface area contributed by atoms with Gasteiger partial charge in [-0.3, -0.25) is 4.79 Å². The van der Waals surface area contributed by atoms with E-state index in [9.17, 15) is 4.79 Å². The predicted octanol–water partition coefficient (Wildman–Crippen LogP) is 2.77. The van der Waals surface area contributed by atoms with E-state index in [1.54, 1.807) is 23.5 Å². The van der Waals surface area contributed by atoms with Crippen LogP contribution in [0.5, 0.6) is 0 Å². The van der Waals surface area contributed by atoms with Gasteiger partial charge in [0.25, 0.3) is 0 Å². The highest BCUT2D eigenvalue weighted by molar-refractivity contribution is 7.09. The number of aromatic nitrogens is 1. The van der Waals surface area contributed by atoms with Crippen molar-refractivity contribution >= 4 is 23.3 Å². The third-order valence-corrected chi connectivity index (χ3v) is 3.88. The number of hydrogen-bond donors (Lipinski definition) is 1. The van der Waals surface area contributed by atoms with E-state index < -0.39 is 0 Å². The quantitative estimate of drug-likeness (QED) is 0.838. The van der Waals surface area contributed by atoms with Crippen LogP contribution < -0.4 is 5.32 Å². The smallest absolute Gasteiger partial charge is 0.244 e. The molecule has 1 fully saturated rings. The highest BCUT2D eigenvalue weighted by atomic mass is 32.1. The minimum atomic E-state index is -0.00486. The molecule has 1 aliphatic rings. The van der Waals surface area contributed by atoms with E-state index in [-0.39, 0.29) is 5.91 Å². The maximum Gasteiger partial charge on any atom is 0.244 e. The molecule has 17 heavy (non-hydrogen) atoms. The molecule has 1 aliphatic carbocycles. The molecule has 0 radical (unpaired) electrons. The molecule has 2 unspecified atom stereocenters. The first-order valence-corrected chi connectivity index (χ1v) is 6.92. The Morgan fingerprint density at radius 1 is 1.59 bits per heavy atom. The fourth-order valence-corrected chi connectivity index (χ4v) is 2.79. The second kappa shape index (κ2) is 5.45. The van der Waals surface area contributed by atoms with Gasteiger partial charge in [0, 0.05) is 17.5 Å². The standard InChI is InChI=1S/C13H18N2OS/c1-9-3-4-11(7-9)15-13(16)6-5-12-8-17-10(2)14-12/h5-6,8-9,11H,3-4,7H2,1-2H3,(H,15,16)/b6-5+. The molecular formula is C13H18N2OS. The highest BCUT2D eigenvalue weighted by Gasteiger charge is 2.21. The molecule has 4 heteroatoms. The van der Waals surface area contributed by atoms with Gasteiger partial charge >= 0.3 is 0 Å². The Hall–Kier alpha value is -1.16. The molecule has 92 valence electrons. The van der Waals surface area contributed by atoms with E-state index in [0.717, 1.165) is 29.5 Å². The van der Waals surface area contributed by atoms with Gasteiger partial charge in [0.05, 0.1) is 10.7 Å². The molecule has 1 aromatic rings. The number of nitrogens with one attached hydrogen (secondary N) is 1. The molecular weight excluding hydrogens is 232 g/mol. The first-order chi connectivity index (χ1) is 8.13. The third kappa shape index (κ3) is 3.66. The maximum absolute atomic E-state index is 11.7. The van der Waals surface area contributed by atoms with Crippen molar-refractivity contribution in [1.82, 2.24) is 10.3 Å². The summed E-state index contributed by atoms with van der Waals surface area (Å²) in [5.74, 6) is 0.736. The van der Waals surface area contributed by atoms with Crippen LogP contribution in [0.1, 0.15) is 36.9 Å². The predicted molar refractivity (Wildman–Crippen MR) is 70.8 cm³/mol. The second-order valence-corrected chi connectivity index (χ2v) is 5.81. The molecule has 2 atom stereocenters. The van der Waals surface area contributed by atoms with E-state index in [1.807, 2.05) is 12.3 Å². The van der Waals surface area contributed by atoms with E-state index >= 15 is 0 Å². The van der Waals surface area contributed by atoms with Crippen molar-refractivity contribution in [3.8, 4) is 0 Å². The number of hydrogen-bond acceptors (Lipinski definition) is 3. The average Bonchev–Trinajstić information content (AvgIpc) is 2.85. The SMILES string of the molecule is Cc1nc(/C=C/C(=O)NC2CCC(C)C2)cs1. The largest absolute Gasteiger partial charge is 0.350 e. The highest BCUT2D eigenvalue weighted by Crippen LogP contribution is 2.24. The van der Waals surface area contributed by atoms with Crippen molar-refractivity contribution in [2.24, 2.45) is 5.92 Å². The Morgan fingerprint density at radius 2 is 2.41 bits per heavy atom. The lowest BCUT2D eigenvalue weighted by molar-refractivity contribution is -0.117. The van der Waals surface area contributed by atoms with Crippen LogP contribution in [0, 0.1) is 12.8 Å². The number of carbonyl (C=O) groups excluding carboxylic acids is 1. The van der Waals surface area contributed by atoms with Crippen LogP contribution in [0.3, 0.4) is 0 Å². The fourth-order valence-electron chi connectivity index (χ4n) is 2.21. The topological polar surface area (TPSA) is 42.0 Å². The lowest BCUT2D eigenvalue weighted by atomic mass is 10.1. The van der Waals surface area contributed by atoms with Crippen molar-refractivity contribution in [2.45, 2.75) is 39.2 Å². The molecule has 3 nitrogen and oxygen atoms in total. The van der Waals surface area contributed by atoms with Gasteiger partial charge in [-0.1, -0.05) is 6.92 Å².